The summed E-state index contributed by atoms with van der Waals surface area (Å²) >= 11 is 0. The highest BCUT2D eigenvalue weighted by molar-refractivity contribution is 6.08. The Balaban J connectivity index is 1.56. The van der Waals surface area contributed by atoms with Gasteiger partial charge in [0, 0.05) is 44.0 Å². The standard InChI is InChI=1S/C21H24N4O3/c1-28-18-14-15(8-9-17(18)25-13-5-7-19(25)26)23-21(27)16-6-4-10-22-20(16)24-11-2-3-12-24/h4,6,8-10,14H,2-3,5,7,11-13H2,1H3,(H,23,27). The summed E-state index contributed by atoms with van der Waals surface area (Å²) in [5.41, 5.74) is 1.91. The van der Waals surface area contributed by atoms with Gasteiger partial charge in [0.2, 0.25) is 5.91 Å². The molecule has 4 rings (SSSR count). The van der Waals surface area contributed by atoms with Crippen molar-refractivity contribution in [3.05, 3.63) is 42.1 Å². The zero-order valence-electron chi connectivity index (χ0n) is 16.0. The lowest BCUT2D eigenvalue weighted by Gasteiger charge is -2.21. The van der Waals surface area contributed by atoms with E-state index in [1.807, 2.05) is 6.07 Å². The number of rotatable bonds is 5. The van der Waals surface area contributed by atoms with Crippen molar-refractivity contribution in [2.45, 2.75) is 25.7 Å². The summed E-state index contributed by atoms with van der Waals surface area (Å²) in [6.45, 7) is 2.53. The zero-order valence-corrected chi connectivity index (χ0v) is 16.0. The van der Waals surface area contributed by atoms with Crippen LogP contribution >= 0.6 is 0 Å². The molecule has 7 nitrogen and oxygen atoms in total. The third-order valence-corrected chi connectivity index (χ3v) is 5.24. The van der Waals surface area contributed by atoms with Crippen molar-refractivity contribution < 1.29 is 14.3 Å². The van der Waals surface area contributed by atoms with Crippen molar-refractivity contribution in [2.24, 2.45) is 0 Å². The lowest BCUT2D eigenvalue weighted by atomic mass is 10.2. The van der Waals surface area contributed by atoms with E-state index in [0.717, 1.165) is 43.9 Å². The van der Waals surface area contributed by atoms with Gasteiger partial charge in [-0.1, -0.05) is 0 Å². The van der Waals surface area contributed by atoms with E-state index < -0.39 is 0 Å². The third-order valence-electron chi connectivity index (χ3n) is 5.24. The molecule has 2 aromatic rings. The minimum atomic E-state index is -0.206. The van der Waals surface area contributed by atoms with Gasteiger partial charge in [-0.05, 0) is 43.5 Å². The Morgan fingerprint density at radius 1 is 1.14 bits per heavy atom. The molecule has 2 saturated heterocycles. The summed E-state index contributed by atoms with van der Waals surface area (Å²) < 4.78 is 5.47. The van der Waals surface area contributed by atoms with Crippen LogP contribution < -0.4 is 19.9 Å². The van der Waals surface area contributed by atoms with E-state index in [1.165, 1.54) is 0 Å². The molecule has 0 aliphatic carbocycles. The number of amides is 2. The largest absolute Gasteiger partial charge is 0.494 e. The van der Waals surface area contributed by atoms with Crippen LogP contribution in [-0.4, -0.2) is 43.5 Å². The van der Waals surface area contributed by atoms with E-state index in [4.69, 9.17) is 4.74 Å². The number of ether oxygens (including phenoxy) is 1. The SMILES string of the molecule is COc1cc(NC(=O)c2cccnc2N2CCCC2)ccc1N1CCCC1=O. The van der Waals surface area contributed by atoms with Crippen LogP contribution in [0, 0.1) is 0 Å². The summed E-state index contributed by atoms with van der Waals surface area (Å²) in [6, 6.07) is 8.95. The number of aromatic nitrogens is 1. The van der Waals surface area contributed by atoms with Crippen molar-refractivity contribution in [2.75, 3.05) is 41.9 Å². The molecule has 0 spiro atoms. The average molecular weight is 380 g/mol. The van der Waals surface area contributed by atoms with Gasteiger partial charge in [-0.2, -0.15) is 0 Å². The molecule has 0 saturated carbocycles. The van der Waals surface area contributed by atoms with Gasteiger partial charge in [0.25, 0.3) is 5.91 Å². The molecule has 28 heavy (non-hydrogen) atoms. The first kappa shape index (κ1) is 18.3. The van der Waals surface area contributed by atoms with Crippen molar-refractivity contribution in [3.8, 4) is 5.75 Å². The van der Waals surface area contributed by atoms with E-state index in [1.54, 1.807) is 42.5 Å². The maximum atomic E-state index is 12.9. The number of anilines is 3. The van der Waals surface area contributed by atoms with E-state index in [-0.39, 0.29) is 11.8 Å². The number of carbonyl (C=O) groups is 2. The van der Waals surface area contributed by atoms with Gasteiger partial charge < -0.3 is 19.9 Å². The second-order valence-electron chi connectivity index (χ2n) is 7.06. The monoisotopic (exact) mass is 380 g/mol. The Bertz CT molecular complexity index is 893. The smallest absolute Gasteiger partial charge is 0.259 e. The fourth-order valence-corrected chi connectivity index (χ4v) is 3.83. The number of hydrogen-bond donors (Lipinski definition) is 1. The maximum absolute atomic E-state index is 12.9. The molecule has 2 amide bonds. The normalized spacial score (nSPS) is 16.5. The quantitative estimate of drug-likeness (QED) is 0.863. The van der Waals surface area contributed by atoms with Crippen molar-refractivity contribution in [3.63, 3.8) is 0 Å². The first-order valence-corrected chi connectivity index (χ1v) is 9.67. The molecule has 1 aromatic heterocycles. The molecule has 0 bridgehead atoms. The van der Waals surface area contributed by atoms with Crippen LogP contribution in [0.15, 0.2) is 36.5 Å². The molecule has 0 unspecified atom stereocenters. The maximum Gasteiger partial charge on any atom is 0.259 e. The Hall–Kier alpha value is -3.09. The first-order valence-electron chi connectivity index (χ1n) is 9.67. The molecule has 0 radical (unpaired) electrons. The Kier molecular flexibility index (Phi) is 5.14. The topological polar surface area (TPSA) is 74.8 Å². The van der Waals surface area contributed by atoms with Gasteiger partial charge in [0.05, 0.1) is 18.4 Å². The van der Waals surface area contributed by atoms with Crippen molar-refractivity contribution in [1.29, 1.82) is 0 Å². The fraction of sp³-hybridized carbons (Fsp3) is 0.381. The van der Waals surface area contributed by atoms with Gasteiger partial charge in [-0.3, -0.25) is 9.59 Å². The van der Waals surface area contributed by atoms with Gasteiger partial charge in [0.1, 0.15) is 11.6 Å². The molecule has 7 heteroatoms. The minimum Gasteiger partial charge on any atom is -0.494 e. The second-order valence-corrected chi connectivity index (χ2v) is 7.06. The van der Waals surface area contributed by atoms with Gasteiger partial charge in [-0.25, -0.2) is 4.98 Å². The van der Waals surface area contributed by atoms with Crippen LogP contribution in [0.3, 0.4) is 0 Å². The highest BCUT2D eigenvalue weighted by Crippen LogP contribution is 2.34. The zero-order chi connectivity index (χ0) is 19.5. The summed E-state index contributed by atoms with van der Waals surface area (Å²) in [5.74, 6) is 1.19. The summed E-state index contributed by atoms with van der Waals surface area (Å²) in [6.07, 6.45) is 5.36. The molecule has 1 N–H and O–H groups in total. The predicted molar refractivity (Wildman–Crippen MR) is 108 cm³/mol. The fourth-order valence-electron chi connectivity index (χ4n) is 3.83. The lowest BCUT2D eigenvalue weighted by Crippen LogP contribution is -2.25. The molecule has 3 heterocycles. The number of carbonyl (C=O) groups excluding carboxylic acids is 2. The lowest BCUT2D eigenvalue weighted by molar-refractivity contribution is -0.117. The molecule has 2 fully saturated rings. The van der Waals surface area contributed by atoms with Crippen LogP contribution in [0.25, 0.3) is 0 Å². The number of nitrogens with zero attached hydrogens (tertiary/aromatic N) is 3. The van der Waals surface area contributed by atoms with E-state index in [9.17, 15) is 9.59 Å². The van der Waals surface area contributed by atoms with Gasteiger partial charge in [-0.15, -0.1) is 0 Å². The average Bonchev–Trinajstić information content (AvgIpc) is 3.40. The molecule has 0 atom stereocenters. The van der Waals surface area contributed by atoms with Crippen LogP contribution in [0.5, 0.6) is 5.75 Å². The van der Waals surface area contributed by atoms with E-state index >= 15 is 0 Å². The van der Waals surface area contributed by atoms with Crippen molar-refractivity contribution >= 4 is 29.0 Å². The van der Waals surface area contributed by atoms with Crippen LogP contribution in [-0.2, 0) is 4.79 Å². The molecular weight excluding hydrogens is 356 g/mol. The Labute approximate surface area is 164 Å². The van der Waals surface area contributed by atoms with Crippen molar-refractivity contribution in [1.82, 2.24) is 4.98 Å². The second kappa shape index (κ2) is 7.88. The number of benzene rings is 1. The van der Waals surface area contributed by atoms with Gasteiger partial charge in [0.15, 0.2) is 0 Å². The highest BCUT2D eigenvalue weighted by Gasteiger charge is 2.25. The number of methoxy groups -OCH3 is 1. The van der Waals surface area contributed by atoms with E-state index in [0.29, 0.717) is 30.0 Å². The summed E-state index contributed by atoms with van der Waals surface area (Å²) in [7, 11) is 1.57. The number of hydrogen-bond acceptors (Lipinski definition) is 5. The number of nitrogens with one attached hydrogen (secondary N) is 1. The van der Waals surface area contributed by atoms with Gasteiger partial charge >= 0.3 is 0 Å². The highest BCUT2D eigenvalue weighted by atomic mass is 16.5. The minimum absolute atomic E-state index is 0.0979. The Morgan fingerprint density at radius 2 is 1.96 bits per heavy atom. The van der Waals surface area contributed by atoms with Crippen LogP contribution in [0.4, 0.5) is 17.2 Å². The molecular formula is C21H24N4O3. The molecule has 2 aliphatic rings. The third kappa shape index (κ3) is 3.52. The van der Waals surface area contributed by atoms with E-state index in [2.05, 4.69) is 15.2 Å². The molecule has 2 aliphatic heterocycles. The summed E-state index contributed by atoms with van der Waals surface area (Å²) in [4.78, 5) is 33.3. The molecule has 146 valence electrons. The van der Waals surface area contributed by atoms with Crippen LogP contribution in [0.1, 0.15) is 36.0 Å². The Morgan fingerprint density at radius 3 is 2.68 bits per heavy atom. The first-order chi connectivity index (χ1) is 13.7. The molecule has 1 aromatic carbocycles. The summed E-state index contributed by atoms with van der Waals surface area (Å²) in [5, 5.41) is 2.94. The van der Waals surface area contributed by atoms with Crippen LogP contribution in [0.2, 0.25) is 0 Å². The predicted octanol–water partition coefficient (Wildman–Crippen LogP) is 3.07. The number of pyridine rings is 1.